The van der Waals surface area contributed by atoms with Gasteiger partial charge in [-0.1, -0.05) is 24.3 Å². The average Bonchev–Trinajstić information content (AvgIpc) is 3.18. The minimum absolute atomic E-state index is 0.518. The van der Waals surface area contributed by atoms with Gasteiger partial charge in [-0.2, -0.15) is 0 Å². The third-order valence-corrected chi connectivity index (χ3v) is 7.54. The zero-order chi connectivity index (χ0) is 20.6. The van der Waals surface area contributed by atoms with E-state index in [-0.39, 0.29) is 0 Å². The van der Waals surface area contributed by atoms with E-state index in [1.54, 1.807) is 0 Å². The van der Waals surface area contributed by atoms with Gasteiger partial charge in [0.15, 0.2) is 11.5 Å². The van der Waals surface area contributed by atoms with Crippen molar-refractivity contribution in [1.29, 1.82) is 0 Å². The van der Waals surface area contributed by atoms with Crippen molar-refractivity contribution in [2.24, 2.45) is 0 Å². The molecule has 1 aliphatic carbocycles. The van der Waals surface area contributed by atoms with Gasteiger partial charge in [-0.15, -0.1) is 0 Å². The molecule has 3 aliphatic rings. The molecule has 0 saturated carbocycles. The minimum atomic E-state index is 0.518. The summed E-state index contributed by atoms with van der Waals surface area (Å²) in [7, 11) is 4.84. The Balaban J connectivity index is 1.39. The maximum Gasteiger partial charge on any atom is 0.163 e. The molecule has 2 aromatic rings. The van der Waals surface area contributed by atoms with Gasteiger partial charge in [-0.3, -0.25) is 0 Å². The Kier molecular flexibility index (Phi) is 5.36. The summed E-state index contributed by atoms with van der Waals surface area (Å²) in [4.78, 5) is 2.66. The lowest BCUT2D eigenvalue weighted by Crippen LogP contribution is -2.53. The lowest BCUT2D eigenvalue weighted by Gasteiger charge is -2.43. The number of quaternary nitrogens is 1. The van der Waals surface area contributed by atoms with Crippen LogP contribution in [0.5, 0.6) is 11.5 Å². The molecule has 0 unspecified atom stereocenters. The highest BCUT2D eigenvalue weighted by atomic mass is 16.6. The summed E-state index contributed by atoms with van der Waals surface area (Å²) in [5.74, 6) is 1.78. The number of nitrogens with zero attached hydrogens (tertiary/aromatic N) is 2. The molecule has 5 rings (SSSR count). The number of fused-ring (bicyclic) bond motifs is 2. The van der Waals surface area contributed by atoms with E-state index in [1.807, 2.05) is 0 Å². The van der Waals surface area contributed by atoms with Crippen molar-refractivity contribution in [3.8, 4) is 11.5 Å². The molecular weight excluding hydrogens is 372 g/mol. The van der Waals surface area contributed by atoms with Crippen molar-refractivity contribution >= 4 is 5.69 Å². The fourth-order valence-corrected chi connectivity index (χ4v) is 5.70. The van der Waals surface area contributed by atoms with Gasteiger partial charge in [0, 0.05) is 30.8 Å². The number of benzene rings is 2. The van der Waals surface area contributed by atoms with E-state index < -0.39 is 0 Å². The second-order valence-electron chi connectivity index (χ2n) is 9.79. The summed E-state index contributed by atoms with van der Waals surface area (Å²) >= 11 is 0. The summed E-state index contributed by atoms with van der Waals surface area (Å²) in [5, 5.41) is 0. The van der Waals surface area contributed by atoms with Crippen LogP contribution in [0.2, 0.25) is 0 Å². The highest BCUT2D eigenvalue weighted by Gasteiger charge is 2.33. The van der Waals surface area contributed by atoms with Gasteiger partial charge >= 0.3 is 0 Å². The second-order valence-corrected chi connectivity index (χ2v) is 9.79. The van der Waals surface area contributed by atoms with Crippen molar-refractivity contribution in [3.05, 3.63) is 53.6 Å². The number of piperidine rings is 1. The van der Waals surface area contributed by atoms with E-state index in [2.05, 4.69) is 61.5 Å². The fraction of sp³-hybridized carbons (Fsp3) is 0.538. The molecule has 1 fully saturated rings. The highest BCUT2D eigenvalue weighted by molar-refractivity contribution is 5.58. The Hall–Kier alpha value is -2.20. The van der Waals surface area contributed by atoms with Crippen LogP contribution in [-0.4, -0.2) is 57.0 Å². The molecule has 0 bridgehead atoms. The Labute approximate surface area is 181 Å². The molecule has 0 amide bonds. The maximum atomic E-state index is 5.91. The lowest BCUT2D eigenvalue weighted by molar-refractivity contribution is -0.920. The molecule has 2 aromatic carbocycles. The zero-order valence-electron chi connectivity index (χ0n) is 18.5. The van der Waals surface area contributed by atoms with E-state index >= 15 is 0 Å². The number of hydrogen-bond acceptors (Lipinski definition) is 3. The van der Waals surface area contributed by atoms with Gasteiger partial charge in [0.1, 0.15) is 13.2 Å². The molecule has 30 heavy (non-hydrogen) atoms. The van der Waals surface area contributed by atoms with Crippen molar-refractivity contribution in [2.75, 3.05) is 45.3 Å². The predicted molar refractivity (Wildman–Crippen MR) is 122 cm³/mol. The first-order valence-corrected chi connectivity index (χ1v) is 11.7. The quantitative estimate of drug-likeness (QED) is 0.684. The molecule has 1 saturated heterocycles. The molecule has 2 heterocycles. The minimum Gasteiger partial charge on any atom is -0.486 e. The van der Waals surface area contributed by atoms with Crippen LogP contribution in [0.4, 0.5) is 5.69 Å². The van der Waals surface area contributed by atoms with Gasteiger partial charge in [-0.25, -0.2) is 0 Å². The molecule has 0 spiro atoms. The molecule has 1 atom stereocenters. The summed E-state index contributed by atoms with van der Waals surface area (Å²) in [6.45, 7) is 3.69. The maximum absolute atomic E-state index is 5.91. The first kappa shape index (κ1) is 19.7. The van der Waals surface area contributed by atoms with E-state index in [1.165, 1.54) is 53.5 Å². The van der Waals surface area contributed by atoms with Crippen LogP contribution < -0.4 is 14.4 Å². The number of hydrogen-bond donors (Lipinski definition) is 0. The number of rotatable bonds is 5. The van der Waals surface area contributed by atoms with E-state index in [0.717, 1.165) is 36.9 Å². The Morgan fingerprint density at radius 2 is 1.67 bits per heavy atom. The summed E-state index contributed by atoms with van der Waals surface area (Å²) in [6.07, 6.45) is 7.61. The fourth-order valence-electron chi connectivity index (χ4n) is 5.70. The Morgan fingerprint density at radius 3 is 2.40 bits per heavy atom. The van der Waals surface area contributed by atoms with Crippen LogP contribution in [0.1, 0.15) is 36.8 Å². The smallest absolute Gasteiger partial charge is 0.163 e. The molecule has 4 nitrogen and oxygen atoms in total. The van der Waals surface area contributed by atoms with Crippen LogP contribution in [0.15, 0.2) is 42.5 Å². The summed E-state index contributed by atoms with van der Waals surface area (Å²) < 4.78 is 12.8. The monoisotopic (exact) mass is 407 g/mol. The topological polar surface area (TPSA) is 21.7 Å². The van der Waals surface area contributed by atoms with Gasteiger partial charge < -0.3 is 18.9 Å². The van der Waals surface area contributed by atoms with E-state index in [9.17, 15) is 0 Å². The number of anilines is 1. The summed E-state index contributed by atoms with van der Waals surface area (Å²) in [6, 6.07) is 16.8. The van der Waals surface area contributed by atoms with Crippen LogP contribution in [0.25, 0.3) is 0 Å². The molecular formula is C26H35N2O2+. The number of ether oxygens (including phenoxy) is 2. The van der Waals surface area contributed by atoms with Crippen molar-refractivity contribution in [2.45, 2.75) is 50.6 Å². The van der Waals surface area contributed by atoms with Gasteiger partial charge in [0.2, 0.25) is 0 Å². The van der Waals surface area contributed by atoms with Crippen LogP contribution in [0.3, 0.4) is 0 Å². The van der Waals surface area contributed by atoms with Crippen LogP contribution >= 0.6 is 0 Å². The van der Waals surface area contributed by atoms with Crippen LogP contribution in [0, 0.1) is 0 Å². The van der Waals surface area contributed by atoms with E-state index in [4.69, 9.17) is 9.47 Å². The third-order valence-electron chi connectivity index (χ3n) is 7.54. The van der Waals surface area contributed by atoms with Crippen molar-refractivity contribution in [1.82, 2.24) is 0 Å². The highest BCUT2D eigenvalue weighted by Crippen LogP contribution is 2.37. The van der Waals surface area contributed by atoms with Gasteiger partial charge in [0.25, 0.3) is 0 Å². The zero-order valence-corrected chi connectivity index (χ0v) is 18.5. The molecule has 0 N–H and O–H groups in total. The van der Waals surface area contributed by atoms with E-state index in [0.29, 0.717) is 19.3 Å². The standard InChI is InChI=1S/C26H35N2O2/c1-28(2)14-6-5-9-24(28)12-13-27(23-17-20-7-3-4-8-21(20)18-23)22-10-11-25-26(19-22)30-16-15-29-25/h3-4,7-8,10-11,19,23-24H,5-6,9,12-18H2,1-2H3/q+1/t24-/m0/s1. The molecule has 0 radical (unpaired) electrons. The SMILES string of the molecule is C[N+]1(C)CCCC[C@H]1CCN(c1ccc2c(c1)OCCO2)C1Cc2ccccc2C1. The Morgan fingerprint density at radius 1 is 0.933 bits per heavy atom. The molecule has 4 heteroatoms. The third kappa shape index (κ3) is 3.90. The molecule has 2 aliphatic heterocycles. The second kappa shape index (κ2) is 8.14. The lowest BCUT2D eigenvalue weighted by atomic mass is 9.96. The summed E-state index contributed by atoms with van der Waals surface area (Å²) in [5.41, 5.74) is 4.30. The van der Waals surface area contributed by atoms with Gasteiger partial charge in [0.05, 0.1) is 26.7 Å². The van der Waals surface area contributed by atoms with Crippen molar-refractivity contribution < 1.29 is 14.0 Å². The molecule has 0 aromatic heterocycles. The van der Waals surface area contributed by atoms with Crippen LogP contribution in [-0.2, 0) is 12.8 Å². The van der Waals surface area contributed by atoms with Crippen molar-refractivity contribution in [3.63, 3.8) is 0 Å². The molecule has 160 valence electrons. The average molecular weight is 408 g/mol. The predicted octanol–water partition coefficient (Wildman–Crippen LogP) is 4.45. The van der Waals surface area contributed by atoms with Gasteiger partial charge in [-0.05, 0) is 55.4 Å². The Bertz CT molecular complexity index is 869. The first-order valence-electron chi connectivity index (χ1n) is 11.7. The largest absolute Gasteiger partial charge is 0.486 e. The first-order chi connectivity index (χ1) is 14.6. The normalized spacial score (nSPS) is 22.5. The number of likely N-dealkylation sites (tertiary alicyclic amines) is 1.